The lowest BCUT2D eigenvalue weighted by Gasteiger charge is -2.38. The van der Waals surface area contributed by atoms with Crippen molar-refractivity contribution in [1.29, 1.82) is 0 Å². The van der Waals surface area contributed by atoms with Crippen LogP contribution in [0.2, 0.25) is 0 Å². The number of urea groups is 1. The molecule has 1 saturated carbocycles. The molecule has 1 atom stereocenters. The highest BCUT2D eigenvalue weighted by atomic mass is 16.4. The molecule has 1 rings (SSSR count). The summed E-state index contributed by atoms with van der Waals surface area (Å²) in [4.78, 5) is 22.1. The third kappa shape index (κ3) is 3.40. The standard InChI is InChI=1S/C11H20N2O3/c1-3-8(9(14)15)13-10(16)12-7-11(2)5-4-6-11/h8H,3-7H2,1-2H3,(H,14,15)(H2,12,13,16)/t8-/m0/s1. The van der Waals surface area contributed by atoms with Crippen molar-refractivity contribution in [2.75, 3.05) is 6.54 Å². The molecule has 1 fully saturated rings. The summed E-state index contributed by atoms with van der Waals surface area (Å²) < 4.78 is 0. The Labute approximate surface area is 95.6 Å². The lowest BCUT2D eigenvalue weighted by atomic mass is 9.70. The van der Waals surface area contributed by atoms with Gasteiger partial charge in [0.25, 0.3) is 0 Å². The average Bonchev–Trinajstić information content (AvgIpc) is 2.19. The van der Waals surface area contributed by atoms with Crippen LogP contribution in [-0.4, -0.2) is 29.7 Å². The highest BCUT2D eigenvalue weighted by molar-refractivity contribution is 5.82. The Bertz CT molecular complexity index is 274. The summed E-state index contributed by atoms with van der Waals surface area (Å²) in [5.41, 5.74) is 0.211. The van der Waals surface area contributed by atoms with Crippen LogP contribution >= 0.6 is 0 Å². The minimum Gasteiger partial charge on any atom is -0.480 e. The van der Waals surface area contributed by atoms with Gasteiger partial charge in [-0.25, -0.2) is 9.59 Å². The van der Waals surface area contributed by atoms with Gasteiger partial charge in [0, 0.05) is 6.54 Å². The molecule has 3 N–H and O–H groups in total. The second-order valence-corrected chi connectivity index (χ2v) is 4.79. The predicted molar refractivity (Wildman–Crippen MR) is 60.2 cm³/mol. The molecule has 2 amide bonds. The highest BCUT2D eigenvalue weighted by Gasteiger charge is 2.32. The molecule has 0 saturated heterocycles. The van der Waals surface area contributed by atoms with Crippen molar-refractivity contribution in [1.82, 2.24) is 10.6 Å². The van der Waals surface area contributed by atoms with E-state index in [4.69, 9.17) is 5.11 Å². The zero-order chi connectivity index (χ0) is 12.2. The first-order chi connectivity index (χ1) is 7.47. The molecule has 0 unspecified atom stereocenters. The van der Waals surface area contributed by atoms with Crippen LogP contribution in [0.5, 0.6) is 0 Å². The summed E-state index contributed by atoms with van der Waals surface area (Å²) in [6, 6.07) is -1.18. The number of carbonyl (C=O) groups is 2. The minimum atomic E-state index is -0.993. The molecule has 0 spiro atoms. The van der Waals surface area contributed by atoms with E-state index in [-0.39, 0.29) is 11.4 Å². The molecule has 5 nitrogen and oxygen atoms in total. The summed E-state index contributed by atoms with van der Waals surface area (Å²) in [5, 5.41) is 13.9. The molecule has 5 heteroatoms. The van der Waals surface area contributed by atoms with Gasteiger partial charge in [-0.15, -0.1) is 0 Å². The van der Waals surface area contributed by atoms with Crippen molar-refractivity contribution >= 4 is 12.0 Å². The fraction of sp³-hybridized carbons (Fsp3) is 0.818. The molecular weight excluding hydrogens is 208 g/mol. The second-order valence-electron chi connectivity index (χ2n) is 4.79. The highest BCUT2D eigenvalue weighted by Crippen LogP contribution is 2.39. The van der Waals surface area contributed by atoms with Crippen LogP contribution in [0.1, 0.15) is 39.5 Å². The summed E-state index contributed by atoms with van der Waals surface area (Å²) >= 11 is 0. The number of hydrogen-bond donors (Lipinski definition) is 3. The average molecular weight is 228 g/mol. The number of rotatable bonds is 5. The monoisotopic (exact) mass is 228 g/mol. The van der Waals surface area contributed by atoms with Crippen molar-refractivity contribution < 1.29 is 14.7 Å². The number of carboxylic acid groups (broad SMARTS) is 1. The third-order valence-electron chi connectivity index (χ3n) is 3.25. The Morgan fingerprint density at radius 2 is 2.06 bits per heavy atom. The van der Waals surface area contributed by atoms with Gasteiger partial charge >= 0.3 is 12.0 Å². The molecule has 0 radical (unpaired) electrons. The molecule has 1 aliphatic carbocycles. The molecule has 0 aromatic heterocycles. The van der Waals surface area contributed by atoms with Crippen molar-refractivity contribution in [2.45, 2.75) is 45.6 Å². The molecule has 0 bridgehead atoms. The van der Waals surface area contributed by atoms with Crippen LogP contribution in [0.15, 0.2) is 0 Å². The Kier molecular flexibility index (Phi) is 4.15. The minimum absolute atomic E-state index is 0.211. The first-order valence-corrected chi connectivity index (χ1v) is 5.74. The lowest BCUT2D eigenvalue weighted by Crippen LogP contribution is -2.49. The smallest absolute Gasteiger partial charge is 0.326 e. The lowest BCUT2D eigenvalue weighted by molar-refractivity contribution is -0.139. The number of aliphatic carboxylic acids is 1. The zero-order valence-corrected chi connectivity index (χ0v) is 9.88. The van der Waals surface area contributed by atoms with E-state index < -0.39 is 12.0 Å². The first kappa shape index (κ1) is 12.8. The molecule has 1 aliphatic rings. The number of nitrogens with one attached hydrogen (secondary N) is 2. The van der Waals surface area contributed by atoms with E-state index in [2.05, 4.69) is 17.6 Å². The van der Waals surface area contributed by atoms with Gasteiger partial charge in [0.2, 0.25) is 0 Å². The Morgan fingerprint density at radius 1 is 1.44 bits per heavy atom. The quantitative estimate of drug-likeness (QED) is 0.664. The molecule has 0 heterocycles. The van der Waals surface area contributed by atoms with E-state index in [1.54, 1.807) is 6.92 Å². The van der Waals surface area contributed by atoms with Gasteiger partial charge in [-0.1, -0.05) is 20.3 Å². The number of carboxylic acids is 1. The van der Waals surface area contributed by atoms with Gasteiger partial charge in [0.15, 0.2) is 0 Å². The summed E-state index contributed by atoms with van der Waals surface area (Å²) in [5.74, 6) is -0.993. The maximum Gasteiger partial charge on any atom is 0.326 e. The molecule has 0 aliphatic heterocycles. The van der Waals surface area contributed by atoms with Crippen LogP contribution in [0.4, 0.5) is 4.79 Å². The van der Waals surface area contributed by atoms with E-state index in [0.29, 0.717) is 13.0 Å². The van der Waals surface area contributed by atoms with Crippen LogP contribution < -0.4 is 10.6 Å². The van der Waals surface area contributed by atoms with E-state index in [1.165, 1.54) is 6.42 Å². The van der Waals surface area contributed by atoms with Crippen LogP contribution in [0.25, 0.3) is 0 Å². The summed E-state index contributed by atoms with van der Waals surface area (Å²) in [6.07, 6.45) is 3.86. The second kappa shape index (κ2) is 5.18. The number of carbonyl (C=O) groups excluding carboxylic acids is 1. The van der Waals surface area contributed by atoms with Crippen LogP contribution in [0.3, 0.4) is 0 Å². The van der Waals surface area contributed by atoms with Crippen molar-refractivity contribution in [3.05, 3.63) is 0 Å². The van der Waals surface area contributed by atoms with Gasteiger partial charge in [-0.3, -0.25) is 0 Å². The van der Waals surface area contributed by atoms with E-state index in [9.17, 15) is 9.59 Å². The van der Waals surface area contributed by atoms with Crippen molar-refractivity contribution in [3.63, 3.8) is 0 Å². The first-order valence-electron chi connectivity index (χ1n) is 5.74. The zero-order valence-electron chi connectivity index (χ0n) is 9.88. The molecule has 0 aromatic carbocycles. The molecule has 16 heavy (non-hydrogen) atoms. The van der Waals surface area contributed by atoms with E-state index in [0.717, 1.165) is 12.8 Å². The van der Waals surface area contributed by atoms with Gasteiger partial charge in [0.05, 0.1) is 0 Å². The van der Waals surface area contributed by atoms with Crippen LogP contribution in [0, 0.1) is 5.41 Å². The van der Waals surface area contributed by atoms with Crippen molar-refractivity contribution in [3.8, 4) is 0 Å². The largest absolute Gasteiger partial charge is 0.480 e. The van der Waals surface area contributed by atoms with Gasteiger partial charge in [-0.05, 0) is 24.7 Å². The van der Waals surface area contributed by atoms with E-state index >= 15 is 0 Å². The fourth-order valence-corrected chi connectivity index (χ4v) is 1.80. The molecule has 0 aromatic rings. The Morgan fingerprint density at radius 3 is 2.44 bits per heavy atom. The Balaban J connectivity index is 2.27. The molecular formula is C11H20N2O3. The predicted octanol–water partition coefficient (Wildman–Crippen LogP) is 1.34. The topological polar surface area (TPSA) is 78.4 Å². The fourth-order valence-electron chi connectivity index (χ4n) is 1.80. The summed E-state index contributed by atoms with van der Waals surface area (Å²) in [6.45, 7) is 4.48. The third-order valence-corrected chi connectivity index (χ3v) is 3.25. The maximum atomic E-state index is 11.4. The van der Waals surface area contributed by atoms with Gasteiger partial charge < -0.3 is 15.7 Å². The van der Waals surface area contributed by atoms with Crippen molar-refractivity contribution in [2.24, 2.45) is 5.41 Å². The Hall–Kier alpha value is -1.26. The van der Waals surface area contributed by atoms with Gasteiger partial charge in [-0.2, -0.15) is 0 Å². The van der Waals surface area contributed by atoms with E-state index in [1.807, 2.05) is 0 Å². The normalized spacial score (nSPS) is 19.4. The number of hydrogen-bond acceptors (Lipinski definition) is 2. The van der Waals surface area contributed by atoms with Gasteiger partial charge in [0.1, 0.15) is 6.04 Å². The van der Waals surface area contributed by atoms with Crippen LogP contribution in [-0.2, 0) is 4.79 Å². The number of amides is 2. The maximum absolute atomic E-state index is 11.4. The SMILES string of the molecule is CC[C@H](NC(=O)NCC1(C)CCC1)C(=O)O. The molecule has 92 valence electrons. The summed E-state index contributed by atoms with van der Waals surface area (Å²) in [7, 11) is 0.